The number of nitrogens with zero attached hydrogens (tertiary/aromatic N) is 1. The lowest BCUT2D eigenvalue weighted by atomic mass is 10.1. The number of carbonyl (C=O) groups is 1. The molecule has 0 fully saturated rings. The molecule has 1 rings (SSSR count). The van der Waals surface area contributed by atoms with Crippen LogP contribution in [0.3, 0.4) is 0 Å². The van der Waals surface area contributed by atoms with Crippen LogP contribution in [0.25, 0.3) is 0 Å². The average molecular weight is 284 g/mol. The summed E-state index contributed by atoms with van der Waals surface area (Å²) in [6.07, 6.45) is 0.958. The molecule has 0 aliphatic carbocycles. The number of rotatable bonds is 4. The van der Waals surface area contributed by atoms with Crippen LogP contribution >= 0.6 is 0 Å². The molecule has 0 bridgehead atoms. The number of nitriles is 1. The van der Waals surface area contributed by atoms with Crippen LogP contribution in [0.1, 0.15) is 18.1 Å². The summed E-state index contributed by atoms with van der Waals surface area (Å²) in [6, 6.07) is 5.64. The fraction of sp³-hybridized carbons (Fsp3) is 0.333. The Hall–Kier alpha value is -1.94. The van der Waals surface area contributed by atoms with Gasteiger partial charge in [-0.25, -0.2) is 12.8 Å². The summed E-state index contributed by atoms with van der Waals surface area (Å²) in [4.78, 5) is 11.5. The standard InChI is InChI=1S/C12H13FN2O3S/c1-8(19(2,17)18)12(16)15-7-10-4-3-9(6-14)5-11(10)13/h3-5,8H,7H2,1-2H3,(H,15,16). The van der Waals surface area contributed by atoms with E-state index in [4.69, 9.17) is 5.26 Å². The monoisotopic (exact) mass is 284 g/mol. The van der Waals surface area contributed by atoms with Gasteiger partial charge in [0.05, 0.1) is 11.6 Å². The maximum Gasteiger partial charge on any atom is 0.238 e. The first kappa shape index (κ1) is 15.1. The van der Waals surface area contributed by atoms with Crippen molar-refractivity contribution in [3.63, 3.8) is 0 Å². The minimum atomic E-state index is -3.48. The van der Waals surface area contributed by atoms with Crippen molar-refractivity contribution in [2.75, 3.05) is 6.26 Å². The van der Waals surface area contributed by atoms with Crippen molar-refractivity contribution >= 4 is 15.7 Å². The van der Waals surface area contributed by atoms with E-state index in [2.05, 4.69) is 5.32 Å². The minimum absolute atomic E-state index is 0.129. The molecule has 1 aromatic rings. The third kappa shape index (κ3) is 4.03. The highest BCUT2D eigenvalue weighted by Crippen LogP contribution is 2.10. The van der Waals surface area contributed by atoms with Gasteiger partial charge in [0.2, 0.25) is 5.91 Å². The zero-order chi connectivity index (χ0) is 14.6. The molecule has 0 aliphatic heterocycles. The lowest BCUT2D eigenvalue weighted by Gasteiger charge is -2.10. The minimum Gasteiger partial charge on any atom is -0.351 e. The molecular weight excluding hydrogens is 271 g/mol. The van der Waals surface area contributed by atoms with Gasteiger partial charge in [0.15, 0.2) is 9.84 Å². The number of hydrogen-bond acceptors (Lipinski definition) is 4. The first-order valence-corrected chi connectivity index (χ1v) is 7.36. The molecule has 0 saturated heterocycles. The highest BCUT2D eigenvalue weighted by molar-refractivity contribution is 7.92. The van der Waals surface area contributed by atoms with Crippen LogP contribution in [0.2, 0.25) is 0 Å². The van der Waals surface area contributed by atoms with E-state index in [1.807, 2.05) is 0 Å². The number of benzene rings is 1. The molecule has 1 N–H and O–H groups in total. The Morgan fingerprint density at radius 1 is 1.53 bits per heavy atom. The zero-order valence-corrected chi connectivity index (χ0v) is 11.3. The molecule has 0 saturated carbocycles. The van der Waals surface area contributed by atoms with Gasteiger partial charge in [-0.3, -0.25) is 4.79 Å². The van der Waals surface area contributed by atoms with Crippen LogP contribution in [0.15, 0.2) is 18.2 Å². The molecule has 7 heteroatoms. The van der Waals surface area contributed by atoms with Crippen LogP contribution < -0.4 is 5.32 Å². The number of halogens is 1. The predicted molar refractivity (Wildman–Crippen MR) is 67.3 cm³/mol. The van der Waals surface area contributed by atoms with Crippen LogP contribution in [-0.2, 0) is 21.2 Å². The van der Waals surface area contributed by atoms with Gasteiger partial charge in [-0.15, -0.1) is 0 Å². The van der Waals surface area contributed by atoms with E-state index in [-0.39, 0.29) is 17.7 Å². The molecule has 0 heterocycles. The van der Waals surface area contributed by atoms with Crippen molar-refractivity contribution in [2.45, 2.75) is 18.7 Å². The molecule has 5 nitrogen and oxygen atoms in total. The molecule has 102 valence electrons. The summed E-state index contributed by atoms with van der Waals surface area (Å²) < 4.78 is 35.8. The number of nitrogens with one attached hydrogen (secondary N) is 1. The molecule has 19 heavy (non-hydrogen) atoms. The molecule has 1 atom stereocenters. The summed E-state index contributed by atoms with van der Waals surface area (Å²) in [7, 11) is -3.48. The molecule has 0 aliphatic rings. The number of carbonyl (C=O) groups excluding carboxylic acids is 1. The van der Waals surface area contributed by atoms with Crippen LogP contribution in [0.4, 0.5) is 4.39 Å². The number of amides is 1. The lowest BCUT2D eigenvalue weighted by Crippen LogP contribution is -2.37. The summed E-state index contributed by atoms with van der Waals surface area (Å²) in [5.41, 5.74) is 0.366. The maximum absolute atomic E-state index is 13.5. The second-order valence-electron chi connectivity index (χ2n) is 4.11. The van der Waals surface area contributed by atoms with Gasteiger partial charge in [-0.1, -0.05) is 6.07 Å². The molecule has 1 amide bonds. The van der Waals surface area contributed by atoms with Crippen molar-refractivity contribution in [1.82, 2.24) is 5.32 Å². The van der Waals surface area contributed by atoms with E-state index in [1.54, 1.807) is 6.07 Å². The van der Waals surface area contributed by atoms with E-state index in [9.17, 15) is 17.6 Å². The normalized spacial score (nSPS) is 12.5. The highest BCUT2D eigenvalue weighted by atomic mass is 32.2. The lowest BCUT2D eigenvalue weighted by molar-refractivity contribution is -0.120. The second-order valence-corrected chi connectivity index (χ2v) is 6.47. The smallest absolute Gasteiger partial charge is 0.238 e. The molecule has 0 aromatic heterocycles. The Kier molecular flexibility index (Phi) is 4.62. The number of hydrogen-bond donors (Lipinski definition) is 1. The summed E-state index contributed by atoms with van der Waals surface area (Å²) in [5.74, 6) is -1.31. The quantitative estimate of drug-likeness (QED) is 0.883. The SMILES string of the molecule is CC(C(=O)NCc1ccc(C#N)cc1F)S(C)(=O)=O. The van der Waals surface area contributed by atoms with Gasteiger partial charge < -0.3 is 5.32 Å². The van der Waals surface area contributed by atoms with Crippen molar-refractivity contribution in [2.24, 2.45) is 0 Å². The van der Waals surface area contributed by atoms with Gasteiger partial charge in [0.1, 0.15) is 11.1 Å². The third-order valence-corrected chi connectivity index (χ3v) is 4.15. The Balaban J connectivity index is 2.73. The van der Waals surface area contributed by atoms with Gasteiger partial charge in [0, 0.05) is 18.4 Å². The summed E-state index contributed by atoms with van der Waals surface area (Å²) >= 11 is 0. The van der Waals surface area contributed by atoms with Crippen LogP contribution in [-0.4, -0.2) is 25.8 Å². The summed E-state index contributed by atoms with van der Waals surface area (Å²) in [5, 5.41) is 9.74. The fourth-order valence-corrected chi connectivity index (χ4v) is 1.75. The molecule has 0 spiro atoms. The first-order chi connectivity index (χ1) is 8.75. The highest BCUT2D eigenvalue weighted by Gasteiger charge is 2.23. The van der Waals surface area contributed by atoms with Crippen molar-refractivity contribution in [3.05, 3.63) is 35.1 Å². The van der Waals surface area contributed by atoms with Gasteiger partial charge in [-0.2, -0.15) is 5.26 Å². The van der Waals surface area contributed by atoms with E-state index in [1.165, 1.54) is 19.1 Å². The van der Waals surface area contributed by atoms with Crippen molar-refractivity contribution < 1.29 is 17.6 Å². The molecule has 1 unspecified atom stereocenters. The summed E-state index contributed by atoms with van der Waals surface area (Å²) in [6.45, 7) is 1.13. The average Bonchev–Trinajstić information content (AvgIpc) is 2.34. The van der Waals surface area contributed by atoms with Crippen molar-refractivity contribution in [1.29, 1.82) is 5.26 Å². The Bertz CT molecular complexity index is 635. The second kappa shape index (κ2) is 5.80. The van der Waals surface area contributed by atoms with E-state index >= 15 is 0 Å². The fourth-order valence-electron chi connectivity index (χ4n) is 1.28. The maximum atomic E-state index is 13.5. The van der Waals surface area contributed by atoms with Crippen LogP contribution in [0, 0.1) is 17.1 Å². The van der Waals surface area contributed by atoms with Gasteiger partial charge >= 0.3 is 0 Å². The molecule has 0 radical (unpaired) electrons. The largest absolute Gasteiger partial charge is 0.351 e. The van der Waals surface area contributed by atoms with E-state index in [0.717, 1.165) is 12.3 Å². The van der Waals surface area contributed by atoms with E-state index in [0.29, 0.717) is 0 Å². The topological polar surface area (TPSA) is 87.0 Å². The van der Waals surface area contributed by atoms with Crippen molar-refractivity contribution in [3.8, 4) is 6.07 Å². The third-order valence-electron chi connectivity index (χ3n) is 2.65. The number of sulfone groups is 1. The van der Waals surface area contributed by atoms with Gasteiger partial charge in [0.25, 0.3) is 0 Å². The van der Waals surface area contributed by atoms with E-state index < -0.39 is 26.8 Å². The molecular formula is C12H13FN2O3S. The molecule has 1 aromatic carbocycles. The first-order valence-electron chi connectivity index (χ1n) is 5.41. The van der Waals surface area contributed by atoms with Gasteiger partial charge in [-0.05, 0) is 19.1 Å². The zero-order valence-electron chi connectivity index (χ0n) is 10.5. The predicted octanol–water partition coefficient (Wildman–Crippen LogP) is 0.747. The Morgan fingerprint density at radius 2 is 2.16 bits per heavy atom. The Morgan fingerprint density at radius 3 is 2.63 bits per heavy atom. The van der Waals surface area contributed by atoms with Crippen LogP contribution in [0.5, 0.6) is 0 Å². The Labute approximate surface area is 111 Å².